The first kappa shape index (κ1) is 26.8. The number of piperidine rings is 3. The fraction of sp³-hybridized carbons (Fsp3) is 0.680. The van der Waals surface area contributed by atoms with E-state index in [-0.39, 0.29) is 36.2 Å². The van der Waals surface area contributed by atoms with Gasteiger partial charge in [-0.15, -0.1) is 0 Å². The maximum Gasteiger partial charge on any atom is 0.317 e. The fourth-order valence-corrected chi connectivity index (χ4v) is 5.20. The van der Waals surface area contributed by atoms with E-state index in [2.05, 4.69) is 31.2 Å². The number of amides is 6. The highest BCUT2D eigenvalue weighted by Gasteiger charge is 2.29. The number of hydrogen-bond donors (Lipinski definition) is 5. The summed E-state index contributed by atoms with van der Waals surface area (Å²) in [5, 5.41) is 12.0. The van der Waals surface area contributed by atoms with Crippen LogP contribution in [0.3, 0.4) is 0 Å². The molecule has 1 aromatic heterocycles. The van der Waals surface area contributed by atoms with Crippen LogP contribution in [0.15, 0.2) is 24.4 Å². The Morgan fingerprint density at radius 3 is 1.78 bits per heavy atom. The molecule has 6 amide bonds. The van der Waals surface area contributed by atoms with E-state index in [0.717, 1.165) is 57.4 Å². The van der Waals surface area contributed by atoms with Gasteiger partial charge in [0.1, 0.15) is 5.82 Å². The highest BCUT2D eigenvalue weighted by molar-refractivity contribution is 5.76. The number of anilines is 1. The number of aromatic nitrogens is 1. The molecule has 3 aliphatic heterocycles. The predicted molar refractivity (Wildman–Crippen MR) is 141 cm³/mol. The summed E-state index contributed by atoms with van der Waals surface area (Å²) in [6.45, 7) is 5.08. The minimum atomic E-state index is -0.209. The third-order valence-electron chi connectivity index (χ3n) is 7.45. The molecule has 4 rings (SSSR count). The average molecular weight is 516 g/mol. The van der Waals surface area contributed by atoms with Crippen molar-refractivity contribution in [3.63, 3.8) is 0 Å². The smallest absolute Gasteiger partial charge is 0.317 e. The Kier molecular flexibility index (Phi) is 9.64. The van der Waals surface area contributed by atoms with Crippen LogP contribution in [0.2, 0.25) is 0 Å². The number of carbonyl (C=O) groups excluding carboxylic acids is 3. The molecule has 0 aliphatic carbocycles. The van der Waals surface area contributed by atoms with Gasteiger partial charge in [-0.05, 0) is 50.7 Å². The van der Waals surface area contributed by atoms with Crippen LogP contribution in [0.5, 0.6) is 0 Å². The second kappa shape index (κ2) is 13.3. The number of pyridine rings is 1. The summed E-state index contributed by atoms with van der Waals surface area (Å²) in [7, 11) is 0. The van der Waals surface area contributed by atoms with Gasteiger partial charge in [0.25, 0.3) is 0 Å². The molecule has 3 saturated heterocycles. The quantitative estimate of drug-likeness (QED) is 0.376. The number of nitrogens with two attached hydrogens (primary N) is 1. The van der Waals surface area contributed by atoms with E-state index in [0.29, 0.717) is 39.3 Å². The van der Waals surface area contributed by atoms with Crippen molar-refractivity contribution in [2.75, 3.05) is 57.3 Å². The molecule has 204 valence electrons. The van der Waals surface area contributed by atoms with Crippen molar-refractivity contribution >= 4 is 23.9 Å². The van der Waals surface area contributed by atoms with Gasteiger partial charge in [-0.3, -0.25) is 0 Å². The number of likely N-dealkylation sites (tertiary alicyclic amines) is 2. The van der Waals surface area contributed by atoms with Gasteiger partial charge in [0, 0.05) is 76.7 Å². The van der Waals surface area contributed by atoms with Crippen LogP contribution < -0.4 is 31.9 Å². The third kappa shape index (κ3) is 7.85. The summed E-state index contributed by atoms with van der Waals surface area (Å²) in [4.78, 5) is 47.7. The Morgan fingerprint density at radius 1 is 0.784 bits per heavy atom. The normalized spacial score (nSPS) is 19.9. The largest absolute Gasteiger partial charge is 0.356 e. The molecular weight excluding hydrogens is 474 g/mol. The van der Waals surface area contributed by atoms with Gasteiger partial charge in [-0.1, -0.05) is 6.07 Å². The molecule has 3 fully saturated rings. The lowest BCUT2D eigenvalue weighted by Gasteiger charge is -2.37. The van der Waals surface area contributed by atoms with Crippen LogP contribution in [0.1, 0.15) is 38.5 Å². The molecule has 12 heteroatoms. The lowest BCUT2D eigenvalue weighted by Crippen LogP contribution is -2.55. The molecule has 37 heavy (non-hydrogen) atoms. The molecule has 3 aliphatic rings. The minimum Gasteiger partial charge on any atom is -0.356 e. The summed E-state index contributed by atoms with van der Waals surface area (Å²) < 4.78 is 0. The van der Waals surface area contributed by atoms with Crippen LogP contribution in [-0.2, 0) is 0 Å². The van der Waals surface area contributed by atoms with E-state index in [9.17, 15) is 14.4 Å². The number of rotatable bonds is 6. The maximum atomic E-state index is 12.8. The first-order valence-electron chi connectivity index (χ1n) is 13.5. The molecule has 0 atom stereocenters. The summed E-state index contributed by atoms with van der Waals surface area (Å²) in [5.74, 6) is 0.989. The van der Waals surface area contributed by atoms with Crippen molar-refractivity contribution in [2.24, 2.45) is 5.73 Å². The first-order valence-corrected chi connectivity index (χ1v) is 13.5. The molecule has 1 aromatic rings. The molecular formula is C25H41N9O3. The molecule has 0 spiro atoms. The van der Waals surface area contributed by atoms with Crippen LogP contribution in [0.25, 0.3) is 0 Å². The lowest BCUT2D eigenvalue weighted by molar-refractivity contribution is 0.157. The summed E-state index contributed by atoms with van der Waals surface area (Å²) in [6, 6.07) is 5.96. The van der Waals surface area contributed by atoms with Crippen molar-refractivity contribution in [1.29, 1.82) is 0 Å². The standard InChI is InChI=1S/C25H41N9O3/c26-10-12-28-23(35)29-19-6-15-33(16-7-19)25(37)31-21-8-17-34(18-9-21)24(36)30-20-4-13-32(14-5-20)22-3-1-2-11-27-22/h1-3,11,19-21H,4-10,12-18,26H2,(H,30,36)(H,31,37)(H2,28,29,35). The van der Waals surface area contributed by atoms with E-state index in [1.807, 2.05) is 34.2 Å². The Bertz CT molecular complexity index is 879. The summed E-state index contributed by atoms with van der Waals surface area (Å²) in [5.41, 5.74) is 5.40. The Hall–Kier alpha value is -3.28. The number of nitrogens with one attached hydrogen (secondary N) is 4. The fourth-order valence-electron chi connectivity index (χ4n) is 5.20. The first-order chi connectivity index (χ1) is 18.0. The van der Waals surface area contributed by atoms with Crippen LogP contribution in [0.4, 0.5) is 20.2 Å². The van der Waals surface area contributed by atoms with Crippen LogP contribution in [-0.4, -0.2) is 103 Å². The topological polar surface area (TPSA) is 148 Å². The van der Waals surface area contributed by atoms with Gasteiger partial charge in [0.15, 0.2) is 0 Å². The molecule has 0 unspecified atom stereocenters. The number of urea groups is 3. The Morgan fingerprint density at radius 2 is 1.30 bits per heavy atom. The second-order valence-electron chi connectivity index (χ2n) is 10.1. The van der Waals surface area contributed by atoms with Gasteiger partial charge in [0.2, 0.25) is 0 Å². The van der Waals surface area contributed by atoms with E-state index in [1.54, 1.807) is 0 Å². The summed E-state index contributed by atoms with van der Waals surface area (Å²) in [6.07, 6.45) is 6.56. The Labute approximate surface area is 218 Å². The van der Waals surface area contributed by atoms with Gasteiger partial charge in [-0.2, -0.15) is 0 Å². The monoisotopic (exact) mass is 515 g/mol. The zero-order chi connectivity index (χ0) is 26.0. The van der Waals surface area contributed by atoms with E-state index in [4.69, 9.17) is 5.73 Å². The highest BCUT2D eigenvalue weighted by Crippen LogP contribution is 2.18. The van der Waals surface area contributed by atoms with E-state index in [1.165, 1.54) is 0 Å². The van der Waals surface area contributed by atoms with E-state index >= 15 is 0 Å². The molecule has 0 radical (unpaired) electrons. The van der Waals surface area contributed by atoms with Gasteiger partial charge in [-0.25, -0.2) is 19.4 Å². The second-order valence-corrected chi connectivity index (χ2v) is 10.1. The van der Waals surface area contributed by atoms with Gasteiger partial charge >= 0.3 is 18.1 Å². The summed E-state index contributed by atoms with van der Waals surface area (Å²) >= 11 is 0. The molecule has 0 aromatic carbocycles. The predicted octanol–water partition coefficient (Wildman–Crippen LogP) is 0.656. The average Bonchev–Trinajstić information content (AvgIpc) is 2.93. The van der Waals surface area contributed by atoms with Crippen molar-refractivity contribution in [3.05, 3.63) is 24.4 Å². The van der Waals surface area contributed by atoms with E-state index < -0.39 is 0 Å². The van der Waals surface area contributed by atoms with Crippen molar-refractivity contribution in [2.45, 2.75) is 56.7 Å². The Balaban J connectivity index is 1.10. The lowest BCUT2D eigenvalue weighted by atomic mass is 10.0. The number of carbonyl (C=O) groups is 3. The molecule has 4 heterocycles. The zero-order valence-corrected chi connectivity index (χ0v) is 21.5. The molecule has 0 saturated carbocycles. The third-order valence-corrected chi connectivity index (χ3v) is 7.45. The van der Waals surface area contributed by atoms with Gasteiger partial charge in [0.05, 0.1) is 0 Å². The minimum absolute atomic E-state index is 0.00821. The number of nitrogens with zero attached hydrogens (tertiary/aromatic N) is 4. The molecule has 0 bridgehead atoms. The number of hydrogen-bond acceptors (Lipinski definition) is 6. The van der Waals surface area contributed by atoms with Gasteiger partial charge < -0.3 is 41.7 Å². The van der Waals surface area contributed by atoms with Crippen LogP contribution >= 0.6 is 0 Å². The van der Waals surface area contributed by atoms with Crippen molar-refractivity contribution in [1.82, 2.24) is 36.1 Å². The van der Waals surface area contributed by atoms with Crippen molar-refractivity contribution in [3.8, 4) is 0 Å². The molecule has 12 nitrogen and oxygen atoms in total. The van der Waals surface area contributed by atoms with Crippen LogP contribution in [0, 0.1) is 0 Å². The molecule has 6 N–H and O–H groups in total. The van der Waals surface area contributed by atoms with Crippen molar-refractivity contribution < 1.29 is 14.4 Å². The highest BCUT2D eigenvalue weighted by atomic mass is 16.2. The SMILES string of the molecule is NCCNC(=O)NC1CCN(C(=O)NC2CCN(C(=O)NC3CCN(c4ccccn4)CC3)CC2)CC1. The maximum absolute atomic E-state index is 12.8. The zero-order valence-electron chi connectivity index (χ0n) is 21.5.